The minimum absolute atomic E-state index is 0.157. The summed E-state index contributed by atoms with van der Waals surface area (Å²) in [4.78, 5) is 11.6. The van der Waals surface area contributed by atoms with E-state index in [9.17, 15) is 4.79 Å². The van der Waals surface area contributed by atoms with Crippen molar-refractivity contribution in [2.24, 2.45) is 0 Å². The SMILES string of the molecule is CCOC(=O)[C@@H]1Cc2cc(C)cc(C)c2N1. The highest BCUT2D eigenvalue weighted by atomic mass is 16.5. The second kappa shape index (κ2) is 4.16. The molecule has 0 aromatic heterocycles. The molecule has 1 aliphatic heterocycles. The lowest BCUT2D eigenvalue weighted by Crippen LogP contribution is -2.29. The Morgan fingerprint density at radius 1 is 1.50 bits per heavy atom. The zero-order chi connectivity index (χ0) is 11.7. The van der Waals surface area contributed by atoms with Crippen molar-refractivity contribution >= 4 is 11.7 Å². The van der Waals surface area contributed by atoms with Gasteiger partial charge in [0.1, 0.15) is 6.04 Å². The summed E-state index contributed by atoms with van der Waals surface area (Å²) in [5, 5.41) is 3.24. The fraction of sp³-hybridized carbons (Fsp3) is 0.462. The molecule has 1 aromatic carbocycles. The maximum absolute atomic E-state index is 11.6. The predicted molar refractivity (Wildman–Crippen MR) is 63.7 cm³/mol. The highest BCUT2D eigenvalue weighted by Gasteiger charge is 2.28. The number of carbonyl (C=O) groups excluding carboxylic acids is 1. The van der Waals surface area contributed by atoms with Gasteiger partial charge in [0.15, 0.2) is 0 Å². The summed E-state index contributed by atoms with van der Waals surface area (Å²) in [7, 11) is 0. The largest absolute Gasteiger partial charge is 0.464 e. The van der Waals surface area contributed by atoms with E-state index in [0.29, 0.717) is 6.61 Å². The van der Waals surface area contributed by atoms with Gasteiger partial charge in [0.2, 0.25) is 0 Å². The van der Waals surface area contributed by atoms with Gasteiger partial charge in [0.05, 0.1) is 6.61 Å². The van der Waals surface area contributed by atoms with Crippen molar-refractivity contribution in [3.8, 4) is 0 Å². The highest BCUT2D eigenvalue weighted by molar-refractivity contribution is 5.83. The zero-order valence-corrected chi connectivity index (χ0v) is 9.96. The number of fused-ring (bicyclic) bond motifs is 1. The third-order valence-corrected chi connectivity index (χ3v) is 2.88. The second-order valence-electron chi connectivity index (χ2n) is 4.27. The van der Waals surface area contributed by atoms with E-state index in [-0.39, 0.29) is 12.0 Å². The molecule has 0 saturated carbocycles. The fourth-order valence-electron chi connectivity index (χ4n) is 2.25. The third kappa shape index (κ3) is 1.90. The average Bonchev–Trinajstić information content (AvgIpc) is 2.62. The molecule has 1 heterocycles. The molecular formula is C13H17NO2. The summed E-state index contributed by atoms with van der Waals surface area (Å²) in [6.07, 6.45) is 0.733. The van der Waals surface area contributed by atoms with E-state index in [0.717, 1.165) is 12.1 Å². The monoisotopic (exact) mass is 219 g/mol. The lowest BCUT2D eigenvalue weighted by molar-refractivity contribution is -0.143. The van der Waals surface area contributed by atoms with Crippen molar-refractivity contribution in [2.45, 2.75) is 33.2 Å². The Kier molecular flexibility index (Phi) is 2.86. The molecule has 0 fully saturated rings. The van der Waals surface area contributed by atoms with Gasteiger partial charge in [-0.1, -0.05) is 17.7 Å². The molecule has 1 atom stereocenters. The number of ether oxygens (including phenoxy) is 1. The fourth-order valence-corrected chi connectivity index (χ4v) is 2.25. The van der Waals surface area contributed by atoms with Crippen molar-refractivity contribution in [3.05, 3.63) is 28.8 Å². The minimum Gasteiger partial charge on any atom is -0.464 e. The molecule has 2 rings (SSSR count). The number of nitrogens with one attached hydrogen (secondary N) is 1. The van der Waals surface area contributed by atoms with Gasteiger partial charge in [-0.3, -0.25) is 0 Å². The van der Waals surface area contributed by atoms with Crippen LogP contribution in [0.15, 0.2) is 12.1 Å². The highest BCUT2D eigenvalue weighted by Crippen LogP contribution is 2.30. The van der Waals surface area contributed by atoms with Gasteiger partial charge in [-0.15, -0.1) is 0 Å². The van der Waals surface area contributed by atoms with E-state index in [1.165, 1.54) is 16.7 Å². The number of hydrogen-bond donors (Lipinski definition) is 1. The van der Waals surface area contributed by atoms with E-state index in [4.69, 9.17) is 4.74 Å². The molecule has 16 heavy (non-hydrogen) atoms. The Morgan fingerprint density at radius 2 is 2.25 bits per heavy atom. The molecule has 1 aromatic rings. The van der Waals surface area contributed by atoms with E-state index in [1.807, 2.05) is 6.92 Å². The minimum atomic E-state index is -0.213. The van der Waals surface area contributed by atoms with Crippen LogP contribution >= 0.6 is 0 Å². The molecule has 0 aliphatic carbocycles. The number of benzene rings is 1. The van der Waals surface area contributed by atoms with Crippen molar-refractivity contribution in [1.82, 2.24) is 0 Å². The van der Waals surface area contributed by atoms with Crippen LogP contribution in [0.3, 0.4) is 0 Å². The van der Waals surface area contributed by atoms with E-state index in [2.05, 4.69) is 31.3 Å². The van der Waals surface area contributed by atoms with Crippen LogP contribution in [0, 0.1) is 13.8 Å². The number of carbonyl (C=O) groups is 1. The van der Waals surface area contributed by atoms with E-state index < -0.39 is 0 Å². The lowest BCUT2D eigenvalue weighted by atomic mass is 10.0. The summed E-state index contributed by atoms with van der Waals surface area (Å²) >= 11 is 0. The first kappa shape index (κ1) is 11.0. The van der Waals surface area contributed by atoms with E-state index >= 15 is 0 Å². The molecule has 1 N–H and O–H groups in total. The summed E-state index contributed by atoms with van der Waals surface area (Å²) in [5.74, 6) is -0.157. The van der Waals surface area contributed by atoms with Gasteiger partial charge < -0.3 is 10.1 Å². The van der Waals surface area contributed by atoms with Crippen molar-refractivity contribution in [3.63, 3.8) is 0 Å². The molecule has 0 saturated heterocycles. The van der Waals surface area contributed by atoms with Gasteiger partial charge in [0.25, 0.3) is 0 Å². The Balaban J connectivity index is 2.21. The number of hydrogen-bond acceptors (Lipinski definition) is 3. The molecule has 3 heteroatoms. The second-order valence-corrected chi connectivity index (χ2v) is 4.27. The van der Waals surface area contributed by atoms with Crippen LogP contribution in [0.1, 0.15) is 23.6 Å². The Morgan fingerprint density at radius 3 is 2.94 bits per heavy atom. The zero-order valence-electron chi connectivity index (χ0n) is 9.96. The Hall–Kier alpha value is -1.51. The van der Waals surface area contributed by atoms with Crippen LogP contribution in [-0.2, 0) is 16.0 Å². The van der Waals surface area contributed by atoms with Gasteiger partial charge in [-0.05, 0) is 31.9 Å². The van der Waals surface area contributed by atoms with Crippen LogP contribution in [0.25, 0.3) is 0 Å². The van der Waals surface area contributed by atoms with Crippen molar-refractivity contribution < 1.29 is 9.53 Å². The third-order valence-electron chi connectivity index (χ3n) is 2.88. The summed E-state index contributed by atoms with van der Waals surface area (Å²) in [6, 6.07) is 4.05. The standard InChI is InChI=1S/C13H17NO2/c1-4-16-13(15)11-7-10-6-8(2)5-9(3)12(10)14-11/h5-6,11,14H,4,7H2,1-3H3/t11-/m0/s1. The number of anilines is 1. The Bertz CT molecular complexity index is 426. The predicted octanol–water partition coefficient (Wildman–Crippen LogP) is 2.20. The number of aryl methyl sites for hydroxylation is 2. The van der Waals surface area contributed by atoms with Crippen LogP contribution in [-0.4, -0.2) is 18.6 Å². The topological polar surface area (TPSA) is 38.3 Å². The molecule has 0 unspecified atom stereocenters. The molecule has 0 bridgehead atoms. The normalized spacial score (nSPS) is 17.8. The molecule has 1 aliphatic rings. The lowest BCUT2D eigenvalue weighted by Gasteiger charge is -2.10. The summed E-state index contributed by atoms with van der Waals surface area (Å²) in [6.45, 7) is 6.40. The average molecular weight is 219 g/mol. The van der Waals surface area contributed by atoms with Gasteiger partial charge >= 0.3 is 5.97 Å². The van der Waals surface area contributed by atoms with Crippen molar-refractivity contribution in [2.75, 3.05) is 11.9 Å². The quantitative estimate of drug-likeness (QED) is 0.775. The van der Waals surface area contributed by atoms with Crippen LogP contribution in [0.5, 0.6) is 0 Å². The first-order valence-corrected chi connectivity index (χ1v) is 5.65. The van der Waals surface area contributed by atoms with Crippen molar-refractivity contribution in [1.29, 1.82) is 0 Å². The maximum atomic E-state index is 11.6. The van der Waals surface area contributed by atoms with Crippen LogP contribution in [0.2, 0.25) is 0 Å². The maximum Gasteiger partial charge on any atom is 0.328 e. The van der Waals surface area contributed by atoms with Crippen LogP contribution < -0.4 is 5.32 Å². The first-order valence-electron chi connectivity index (χ1n) is 5.65. The molecule has 0 spiro atoms. The molecule has 86 valence electrons. The number of rotatable bonds is 2. The molecule has 0 radical (unpaired) electrons. The summed E-state index contributed by atoms with van der Waals surface area (Å²) in [5.41, 5.74) is 4.75. The van der Waals surface area contributed by atoms with Crippen LogP contribution in [0.4, 0.5) is 5.69 Å². The Labute approximate surface area is 95.8 Å². The first-order chi connectivity index (χ1) is 7.61. The smallest absolute Gasteiger partial charge is 0.328 e. The number of esters is 1. The molecule has 0 amide bonds. The van der Waals surface area contributed by atoms with E-state index in [1.54, 1.807) is 0 Å². The molecular weight excluding hydrogens is 202 g/mol. The molecule has 3 nitrogen and oxygen atoms in total. The van der Waals surface area contributed by atoms with Gasteiger partial charge in [-0.25, -0.2) is 4.79 Å². The summed E-state index contributed by atoms with van der Waals surface area (Å²) < 4.78 is 5.03. The van der Waals surface area contributed by atoms with Gasteiger partial charge in [-0.2, -0.15) is 0 Å². The van der Waals surface area contributed by atoms with Gasteiger partial charge in [0, 0.05) is 12.1 Å².